The number of carbonyl (C=O) groups is 1. The maximum Gasteiger partial charge on any atom is 0.257 e. The molecule has 0 radical (unpaired) electrons. The van der Waals surface area contributed by atoms with Crippen LogP contribution in [-0.2, 0) is 6.54 Å². The molecule has 0 saturated carbocycles. The van der Waals surface area contributed by atoms with Gasteiger partial charge in [0.25, 0.3) is 5.91 Å². The molecule has 1 heterocycles. The van der Waals surface area contributed by atoms with Gasteiger partial charge in [-0.1, -0.05) is 18.2 Å². The summed E-state index contributed by atoms with van der Waals surface area (Å²) < 4.78 is 18.8. The first-order valence-electron chi connectivity index (χ1n) is 8.20. The number of rotatable bonds is 4. The highest BCUT2D eigenvalue weighted by Crippen LogP contribution is 2.25. The smallest absolute Gasteiger partial charge is 0.257 e. The standard InChI is InChI=1S/C19H21FN2O3/c1-25-15-6-7-16(18(23)12-15)19(24)22-10-8-21(9-11-22)13-14-4-2-3-5-17(14)20/h2-7,12,23H,8-11,13H2,1H3. The van der Waals surface area contributed by atoms with Crippen molar-refractivity contribution < 1.29 is 19.0 Å². The summed E-state index contributed by atoms with van der Waals surface area (Å²) in [7, 11) is 1.51. The van der Waals surface area contributed by atoms with Crippen LogP contribution in [0.5, 0.6) is 11.5 Å². The van der Waals surface area contributed by atoms with Gasteiger partial charge in [-0.15, -0.1) is 0 Å². The molecule has 1 amide bonds. The lowest BCUT2D eigenvalue weighted by Crippen LogP contribution is -2.48. The summed E-state index contributed by atoms with van der Waals surface area (Å²) >= 11 is 0. The maximum absolute atomic E-state index is 13.7. The van der Waals surface area contributed by atoms with Crippen molar-refractivity contribution in [3.05, 3.63) is 59.4 Å². The van der Waals surface area contributed by atoms with Gasteiger partial charge in [0.1, 0.15) is 17.3 Å². The normalized spacial score (nSPS) is 15.2. The Balaban J connectivity index is 1.60. The number of halogens is 1. The molecule has 2 aromatic carbocycles. The molecule has 0 atom stereocenters. The zero-order valence-corrected chi connectivity index (χ0v) is 14.1. The van der Waals surface area contributed by atoms with Gasteiger partial charge < -0.3 is 14.7 Å². The topological polar surface area (TPSA) is 53.0 Å². The number of piperazine rings is 1. The average Bonchev–Trinajstić information content (AvgIpc) is 2.63. The third kappa shape index (κ3) is 3.91. The fraction of sp³-hybridized carbons (Fsp3) is 0.316. The summed E-state index contributed by atoms with van der Waals surface area (Å²) in [6.45, 7) is 2.94. The zero-order chi connectivity index (χ0) is 17.8. The maximum atomic E-state index is 13.7. The number of methoxy groups -OCH3 is 1. The Kier molecular flexibility index (Phi) is 5.19. The first kappa shape index (κ1) is 17.2. The number of carbonyl (C=O) groups excluding carboxylic acids is 1. The summed E-state index contributed by atoms with van der Waals surface area (Å²) in [5.41, 5.74) is 0.929. The third-order valence-corrected chi connectivity index (χ3v) is 4.45. The van der Waals surface area contributed by atoms with E-state index in [0.717, 1.165) is 0 Å². The van der Waals surface area contributed by atoms with E-state index in [0.29, 0.717) is 44.0 Å². The van der Waals surface area contributed by atoms with Gasteiger partial charge in [0.2, 0.25) is 0 Å². The van der Waals surface area contributed by atoms with Gasteiger partial charge in [-0.25, -0.2) is 4.39 Å². The highest BCUT2D eigenvalue weighted by molar-refractivity contribution is 5.97. The molecule has 1 aliphatic rings. The van der Waals surface area contributed by atoms with Crippen molar-refractivity contribution in [3.8, 4) is 11.5 Å². The van der Waals surface area contributed by atoms with Crippen LogP contribution in [0.2, 0.25) is 0 Å². The molecular weight excluding hydrogens is 323 g/mol. The van der Waals surface area contributed by atoms with E-state index in [1.54, 1.807) is 29.2 Å². The van der Waals surface area contributed by atoms with E-state index in [4.69, 9.17) is 4.74 Å². The Labute approximate surface area is 146 Å². The van der Waals surface area contributed by atoms with Crippen LogP contribution >= 0.6 is 0 Å². The van der Waals surface area contributed by atoms with Crippen molar-refractivity contribution in [2.45, 2.75) is 6.54 Å². The van der Waals surface area contributed by atoms with Gasteiger partial charge in [0, 0.05) is 44.4 Å². The molecule has 0 bridgehead atoms. The SMILES string of the molecule is COc1ccc(C(=O)N2CCN(Cc3ccccc3F)CC2)c(O)c1. The number of amides is 1. The van der Waals surface area contributed by atoms with Gasteiger partial charge in [-0.05, 0) is 18.2 Å². The van der Waals surface area contributed by atoms with Crippen LogP contribution in [-0.4, -0.2) is 54.1 Å². The summed E-state index contributed by atoms with van der Waals surface area (Å²) in [5, 5.41) is 10.0. The summed E-state index contributed by atoms with van der Waals surface area (Å²) in [5.74, 6) is 0.0109. The molecule has 1 aliphatic heterocycles. The minimum atomic E-state index is -0.204. The van der Waals surface area contributed by atoms with Crippen molar-refractivity contribution in [2.24, 2.45) is 0 Å². The number of phenolic OH excluding ortho intramolecular Hbond substituents is 1. The van der Waals surface area contributed by atoms with Crippen LogP contribution in [0.3, 0.4) is 0 Å². The molecule has 1 fully saturated rings. The quantitative estimate of drug-likeness (QED) is 0.926. The minimum absolute atomic E-state index is 0.0851. The fourth-order valence-corrected chi connectivity index (χ4v) is 2.97. The molecule has 5 nitrogen and oxygen atoms in total. The molecule has 2 aromatic rings. The van der Waals surface area contributed by atoms with Crippen LogP contribution in [0.15, 0.2) is 42.5 Å². The average molecular weight is 344 g/mol. The third-order valence-electron chi connectivity index (χ3n) is 4.45. The van der Waals surface area contributed by atoms with E-state index in [1.807, 2.05) is 6.07 Å². The van der Waals surface area contributed by atoms with Gasteiger partial charge in [-0.2, -0.15) is 0 Å². The largest absolute Gasteiger partial charge is 0.507 e. The molecule has 1 saturated heterocycles. The first-order valence-corrected chi connectivity index (χ1v) is 8.20. The monoisotopic (exact) mass is 344 g/mol. The minimum Gasteiger partial charge on any atom is -0.507 e. The molecule has 0 aromatic heterocycles. The van der Waals surface area contributed by atoms with E-state index in [-0.39, 0.29) is 23.0 Å². The number of phenols is 1. The van der Waals surface area contributed by atoms with Crippen LogP contribution in [0.1, 0.15) is 15.9 Å². The fourth-order valence-electron chi connectivity index (χ4n) is 2.97. The lowest BCUT2D eigenvalue weighted by molar-refractivity contribution is 0.0624. The van der Waals surface area contributed by atoms with Crippen LogP contribution in [0.25, 0.3) is 0 Å². The van der Waals surface area contributed by atoms with E-state index >= 15 is 0 Å². The Hall–Kier alpha value is -2.60. The number of benzene rings is 2. The van der Waals surface area contributed by atoms with Crippen LogP contribution < -0.4 is 4.74 Å². The Morgan fingerprint density at radius 3 is 2.52 bits per heavy atom. The summed E-state index contributed by atoms with van der Waals surface area (Å²) in [6, 6.07) is 11.4. The number of hydrogen-bond donors (Lipinski definition) is 1. The number of ether oxygens (including phenoxy) is 1. The predicted molar refractivity (Wildman–Crippen MR) is 92.2 cm³/mol. The van der Waals surface area contributed by atoms with E-state index in [9.17, 15) is 14.3 Å². The second kappa shape index (κ2) is 7.53. The molecule has 1 N–H and O–H groups in total. The lowest BCUT2D eigenvalue weighted by Gasteiger charge is -2.35. The van der Waals surface area contributed by atoms with E-state index in [2.05, 4.69) is 4.90 Å². The molecular formula is C19H21FN2O3. The Morgan fingerprint density at radius 2 is 1.88 bits per heavy atom. The number of aromatic hydroxyl groups is 1. The molecule has 0 unspecified atom stereocenters. The molecule has 25 heavy (non-hydrogen) atoms. The lowest BCUT2D eigenvalue weighted by atomic mass is 10.1. The summed E-state index contributed by atoms with van der Waals surface area (Å²) in [4.78, 5) is 16.4. The Morgan fingerprint density at radius 1 is 1.16 bits per heavy atom. The Bertz CT molecular complexity index is 758. The molecule has 0 spiro atoms. The summed E-state index contributed by atoms with van der Waals surface area (Å²) in [6.07, 6.45) is 0. The van der Waals surface area contributed by atoms with Crippen molar-refractivity contribution in [1.82, 2.24) is 9.80 Å². The van der Waals surface area contributed by atoms with Crippen LogP contribution in [0.4, 0.5) is 4.39 Å². The van der Waals surface area contributed by atoms with Gasteiger partial charge in [0.15, 0.2) is 0 Å². The van der Waals surface area contributed by atoms with E-state index in [1.165, 1.54) is 19.2 Å². The van der Waals surface area contributed by atoms with Crippen molar-refractivity contribution in [1.29, 1.82) is 0 Å². The molecule has 132 valence electrons. The zero-order valence-electron chi connectivity index (χ0n) is 14.1. The molecule has 6 heteroatoms. The van der Waals surface area contributed by atoms with Crippen LogP contribution in [0, 0.1) is 5.82 Å². The predicted octanol–water partition coefficient (Wildman–Crippen LogP) is 2.50. The van der Waals surface area contributed by atoms with Gasteiger partial charge >= 0.3 is 0 Å². The molecule has 3 rings (SSSR count). The van der Waals surface area contributed by atoms with Crippen molar-refractivity contribution in [3.63, 3.8) is 0 Å². The highest BCUT2D eigenvalue weighted by atomic mass is 19.1. The molecule has 0 aliphatic carbocycles. The van der Waals surface area contributed by atoms with E-state index < -0.39 is 0 Å². The highest BCUT2D eigenvalue weighted by Gasteiger charge is 2.24. The second-order valence-electron chi connectivity index (χ2n) is 6.04. The second-order valence-corrected chi connectivity index (χ2v) is 6.04. The number of hydrogen-bond acceptors (Lipinski definition) is 4. The number of nitrogens with zero attached hydrogens (tertiary/aromatic N) is 2. The van der Waals surface area contributed by atoms with Gasteiger partial charge in [0.05, 0.1) is 12.7 Å². The van der Waals surface area contributed by atoms with Crippen molar-refractivity contribution >= 4 is 5.91 Å². The van der Waals surface area contributed by atoms with Gasteiger partial charge in [-0.3, -0.25) is 9.69 Å². The van der Waals surface area contributed by atoms with Crippen molar-refractivity contribution in [2.75, 3.05) is 33.3 Å². The first-order chi connectivity index (χ1) is 12.1.